The fourth-order valence-corrected chi connectivity index (χ4v) is 3.38. The van der Waals surface area contributed by atoms with Crippen LogP contribution in [0.1, 0.15) is 24.0 Å². The van der Waals surface area contributed by atoms with Gasteiger partial charge in [0.15, 0.2) is 11.5 Å². The van der Waals surface area contributed by atoms with Gasteiger partial charge in [0.2, 0.25) is 6.79 Å². The van der Waals surface area contributed by atoms with Crippen LogP contribution in [0.4, 0.5) is 0 Å². The number of fused-ring (bicyclic) bond motifs is 1. The van der Waals surface area contributed by atoms with Gasteiger partial charge in [0.1, 0.15) is 12.6 Å². The van der Waals surface area contributed by atoms with E-state index in [1.54, 1.807) is 0 Å². The van der Waals surface area contributed by atoms with Crippen LogP contribution < -0.4 is 9.47 Å². The summed E-state index contributed by atoms with van der Waals surface area (Å²) < 4.78 is 16.3. The lowest BCUT2D eigenvalue weighted by Gasteiger charge is -2.23. The zero-order valence-corrected chi connectivity index (χ0v) is 14.0. The summed E-state index contributed by atoms with van der Waals surface area (Å²) in [6.45, 7) is 2.21. The van der Waals surface area contributed by atoms with Crippen LogP contribution in [0.3, 0.4) is 0 Å². The lowest BCUT2D eigenvalue weighted by atomic mass is 10.1. The van der Waals surface area contributed by atoms with Crippen molar-refractivity contribution in [3.63, 3.8) is 0 Å². The van der Waals surface area contributed by atoms with Crippen LogP contribution in [0.15, 0.2) is 48.5 Å². The van der Waals surface area contributed by atoms with Gasteiger partial charge in [-0.1, -0.05) is 36.4 Å². The van der Waals surface area contributed by atoms with Crippen molar-refractivity contribution in [2.24, 2.45) is 0 Å². The first kappa shape index (κ1) is 16.0. The van der Waals surface area contributed by atoms with Crippen molar-refractivity contribution in [3.05, 3.63) is 59.7 Å². The number of carbonyl (C=O) groups is 1. The molecule has 0 amide bonds. The Hall–Kier alpha value is -2.53. The van der Waals surface area contributed by atoms with Crippen molar-refractivity contribution in [3.8, 4) is 11.5 Å². The van der Waals surface area contributed by atoms with Gasteiger partial charge in [-0.2, -0.15) is 0 Å². The second-order valence-corrected chi connectivity index (χ2v) is 6.41. The predicted molar refractivity (Wildman–Crippen MR) is 92.2 cm³/mol. The van der Waals surface area contributed by atoms with E-state index in [0.717, 1.165) is 42.0 Å². The zero-order valence-electron chi connectivity index (χ0n) is 14.0. The van der Waals surface area contributed by atoms with Crippen molar-refractivity contribution in [1.82, 2.24) is 4.90 Å². The van der Waals surface area contributed by atoms with Gasteiger partial charge < -0.3 is 14.2 Å². The number of carbonyl (C=O) groups excluding carboxylic acids is 1. The van der Waals surface area contributed by atoms with Crippen molar-refractivity contribution in [2.75, 3.05) is 13.3 Å². The number of ether oxygens (including phenoxy) is 3. The molecule has 0 aromatic heterocycles. The number of rotatable bonds is 5. The molecule has 0 spiro atoms. The molecule has 1 saturated heterocycles. The molecule has 25 heavy (non-hydrogen) atoms. The van der Waals surface area contributed by atoms with E-state index in [-0.39, 0.29) is 18.8 Å². The predicted octanol–water partition coefficient (Wildman–Crippen LogP) is 3.12. The highest BCUT2D eigenvalue weighted by Gasteiger charge is 2.32. The number of nitrogens with zero attached hydrogens (tertiary/aromatic N) is 1. The molecule has 0 bridgehead atoms. The highest BCUT2D eigenvalue weighted by Crippen LogP contribution is 2.33. The quantitative estimate of drug-likeness (QED) is 0.783. The first-order valence-corrected chi connectivity index (χ1v) is 8.63. The monoisotopic (exact) mass is 339 g/mol. The van der Waals surface area contributed by atoms with Gasteiger partial charge in [0.05, 0.1) is 0 Å². The van der Waals surface area contributed by atoms with Gasteiger partial charge in [-0.05, 0) is 42.6 Å². The summed E-state index contributed by atoms with van der Waals surface area (Å²) in [5.74, 6) is 1.42. The van der Waals surface area contributed by atoms with Gasteiger partial charge in [-0.3, -0.25) is 9.69 Å². The molecule has 2 aliphatic rings. The summed E-state index contributed by atoms with van der Waals surface area (Å²) in [6.07, 6.45) is 1.85. The van der Waals surface area contributed by atoms with Gasteiger partial charge in [0.25, 0.3) is 0 Å². The van der Waals surface area contributed by atoms with E-state index < -0.39 is 0 Å². The van der Waals surface area contributed by atoms with Crippen molar-refractivity contribution < 1.29 is 19.0 Å². The fourth-order valence-electron chi connectivity index (χ4n) is 3.38. The van der Waals surface area contributed by atoms with Crippen LogP contribution in [0.25, 0.3) is 0 Å². The van der Waals surface area contributed by atoms with Crippen LogP contribution in [0.5, 0.6) is 11.5 Å². The van der Waals surface area contributed by atoms with Crippen LogP contribution >= 0.6 is 0 Å². The molecule has 1 unspecified atom stereocenters. The molecule has 5 heteroatoms. The normalized spacial score (nSPS) is 19.1. The molecule has 1 atom stereocenters. The van der Waals surface area contributed by atoms with Crippen molar-refractivity contribution in [2.45, 2.75) is 32.0 Å². The highest BCUT2D eigenvalue weighted by molar-refractivity contribution is 5.76. The summed E-state index contributed by atoms with van der Waals surface area (Å²) in [4.78, 5) is 14.7. The molecular formula is C20H21NO4. The Morgan fingerprint density at radius 3 is 2.80 bits per heavy atom. The van der Waals surface area contributed by atoms with E-state index in [1.807, 2.05) is 48.5 Å². The molecular weight excluding hydrogens is 318 g/mol. The maximum atomic E-state index is 12.5. The average molecular weight is 339 g/mol. The standard InChI is InChI=1S/C20H21NO4/c22-20(23-13-15-5-2-1-3-6-15)17-7-4-10-21(17)12-16-8-9-18-19(11-16)25-14-24-18/h1-3,5-6,8-9,11,17H,4,7,10,12-14H2. The van der Waals surface area contributed by atoms with E-state index in [2.05, 4.69) is 4.90 Å². The number of hydrogen-bond acceptors (Lipinski definition) is 5. The van der Waals surface area contributed by atoms with E-state index in [1.165, 1.54) is 0 Å². The van der Waals surface area contributed by atoms with E-state index in [4.69, 9.17) is 14.2 Å². The van der Waals surface area contributed by atoms with Crippen LogP contribution in [-0.2, 0) is 22.7 Å². The lowest BCUT2D eigenvalue weighted by molar-refractivity contribution is -0.150. The minimum Gasteiger partial charge on any atom is -0.460 e. The van der Waals surface area contributed by atoms with E-state index in [9.17, 15) is 4.79 Å². The molecule has 0 aliphatic carbocycles. The number of benzene rings is 2. The maximum absolute atomic E-state index is 12.5. The van der Waals surface area contributed by atoms with Gasteiger partial charge in [0, 0.05) is 6.54 Å². The molecule has 4 rings (SSSR count). The van der Waals surface area contributed by atoms with E-state index in [0.29, 0.717) is 13.2 Å². The number of hydrogen-bond donors (Lipinski definition) is 0. The third-order valence-corrected chi connectivity index (χ3v) is 4.68. The molecule has 2 aliphatic heterocycles. The molecule has 1 fully saturated rings. The smallest absolute Gasteiger partial charge is 0.323 e. The average Bonchev–Trinajstić information content (AvgIpc) is 3.29. The summed E-state index contributed by atoms with van der Waals surface area (Å²) in [5.41, 5.74) is 2.13. The molecule has 2 aromatic rings. The minimum absolute atomic E-state index is 0.137. The molecule has 130 valence electrons. The van der Waals surface area contributed by atoms with Crippen molar-refractivity contribution >= 4 is 5.97 Å². The van der Waals surface area contributed by atoms with Crippen LogP contribution in [0.2, 0.25) is 0 Å². The Morgan fingerprint density at radius 2 is 1.92 bits per heavy atom. The topological polar surface area (TPSA) is 48.0 Å². The van der Waals surface area contributed by atoms with Crippen LogP contribution in [0, 0.1) is 0 Å². The third-order valence-electron chi connectivity index (χ3n) is 4.68. The Bertz CT molecular complexity index is 747. The fraction of sp³-hybridized carbons (Fsp3) is 0.350. The molecule has 5 nitrogen and oxygen atoms in total. The SMILES string of the molecule is O=C(OCc1ccccc1)C1CCCN1Cc1ccc2c(c1)OCO2. The Kier molecular flexibility index (Phi) is 4.57. The zero-order chi connectivity index (χ0) is 17.1. The number of likely N-dealkylation sites (tertiary alicyclic amines) is 1. The van der Waals surface area contributed by atoms with Gasteiger partial charge in [-0.15, -0.1) is 0 Å². The summed E-state index contributed by atoms with van der Waals surface area (Å²) in [6, 6.07) is 15.6. The molecule has 2 heterocycles. The first-order valence-electron chi connectivity index (χ1n) is 8.63. The van der Waals surface area contributed by atoms with E-state index >= 15 is 0 Å². The molecule has 2 aromatic carbocycles. The summed E-state index contributed by atoms with van der Waals surface area (Å²) >= 11 is 0. The second kappa shape index (κ2) is 7.15. The first-order chi connectivity index (χ1) is 12.3. The Balaban J connectivity index is 1.37. The molecule has 0 radical (unpaired) electrons. The Morgan fingerprint density at radius 1 is 1.08 bits per heavy atom. The number of esters is 1. The largest absolute Gasteiger partial charge is 0.460 e. The summed E-state index contributed by atoms with van der Waals surface area (Å²) in [5, 5.41) is 0. The summed E-state index contributed by atoms with van der Waals surface area (Å²) in [7, 11) is 0. The van der Waals surface area contributed by atoms with Gasteiger partial charge >= 0.3 is 5.97 Å². The molecule has 0 saturated carbocycles. The molecule has 0 N–H and O–H groups in total. The second-order valence-electron chi connectivity index (χ2n) is 6.41. The highest BCUT2D eigenvalue weighted by atomic mass is 16.7. The Labute approximate surface area is 147 Å². The minimum atomic E-state index is -0.172. The lowest BCUT2D eigenvalue weighted by Crippen LogP contribution is -2.36. The van der Waals surface area contributed by atoms with Crippen LogP contribution in [-0.4, -0.2) is 30.2 Å². The van der Waals surface area contributed by atoms with Crippen molar-refractivity contribution in [1.29, 1.82) is 0 Å². The third kappa shape index (κ3) is 3.61. The maximum Gasteiger partial charge on any atom is 0.323 e. The van der Waals surface area contributed by atoms with Gasteiger partial charge in [-0.25, -0.2) is 0 Å².